The number of hydrogen-bond donors (Lipinski definition) is 1. The number of thioether (sulfide) groups is 1. The normalized spacial score (nSPS) is 15.0. The van der Waals surface area contributed by atoms with Crippen LogP contribution in [0.2, 0.25) is 0 Å². The van der Waals surface area contributed by atoms with Gasteiger partial charge in [0.2, 0.25) is 0 Å². The maximum atomic E-state index is 12.9. The molecule has 0 aliphatic carbocycles. The summed E-state index contributed by atoms with van der Waals surface area (Å²) in [7, 11) is 0. The van der Waals surface area contributed by atoms with Crippen molar-refractivity contribution in [2.24, 2.45) is 4.99 Å². The minimum Gasteiger partial charge on any atom is -0.365 e. The van der Waals surface area contributed by atoms with Gasteiger partial charge in [-0.15, -0.1) is 0 Å². The first-order chi connectivity index (χ1) is 7.75. The largest absolute Gasteiger partial charge is 0.365 e. The Bertz CT molecular complexity index is 404. The summed E-state index contributed by atoms with van der Waals surface area (Å²) in [6.45, 7) is 3.72. The topological polar surface area (TPSA) is 24.4 Å². The van der Waals surface area contributed by atoms with Crippen molar-refractivity contribution in [1.29, 1.82) is 0 Å². The minimum absolute atomic E-state index is 0.162. The molecule has 1 aliphatic heterocycles. The molecule has 86 valence electrons. The van der Waals surface area contributed by atoms with Gasteiger partial charge in [0.15, 0.2) is 5.17 Å². The highest BCUT2D eigenvalue weighted by atomic mass is 32.2. The Morgan fingerprint density at radius 3 is 3.06 bits per heavy atom. The summed E-state index contributed by atoms with van der Waals surface area (Å²) >= 11 is 1.76. The van der Waals surface area contributed by atoms with Crippen molar-refractivity contribution in [3.8, 4) is 0 Å². The lowest BCUT2D eigenvalue weighted by atomic mass is 10.1. The molecule has 0 radical (unpaired) electrons. The molecule has 0 saturated carbocycles. The zero-order valence-electron chi connectivity index (χ0n) is 9.29. The lowest BCUT2D eigenvalue weighted by molar-refractivity contribution is 0.625. The van der Waals surface area contributed by atoms with E-state index >= 15 is 0 Å². The van der Waals surface area contributed by atoms with Gasteiger partial charge in [-0.3, -0.25) is 4.99 Å². The monoisotopic (exact) mass is 238 g/mol. The van der Waals surface area contributed by atoms with Gasteiger partial charge in [0, 0.05) is 12.3 Å². The minimum atomic E-state index is -0.162. The number of aryl methyl sites for hydroxylation is 1. The van der Waals surface area contributed by atoms with Gasteiger partial charge in [0.25, 0.3) is 0 Å². The molecule has 2 rings (SSSR count). The molecule has 1 aromatic carbocycles. The highest BCUT2D eigenvalue weighted by Gasteiger charge is 2.06. The molecule has 0 fully saturated rings. The summed E-state index contributed by atoms with van der Waals surface area (Å²) in [5, 5.41) is 4.33. The highest BCUT2D eigenvalue weighted by molar-refractivity contribution is 8.14. The lowest BCUT2D eigenvalue weighted by Gasteiger charge is -2.07. The van der Waals surface area contributed by atoms with Crippen molar-refractivity contribution >= 4 is 16.9 Å². The molecule has 1 aromatic rings. The first-order valence-electron chi connectivity index (χ1n) is 5.42. The van der Waals surface area contributed by atoms with Crippen molar-refractivity contribution in [3.05, 3.63) is 35.1 Å². The fourth-order valence-electron chi connectivity index (χ4n) is 1.69. The van der Waals surface area contributed by atoms with Gasteiger partial charge in [-0.25, -0.2) is 4.39 Å². The van der Waals surface area contributed by atoms with Crippen LogP contribution in [-0.2, 0) is 6.42 Å². The molecule has 0 aromatic heterocycles. The Kier molecular flexibility index (Phi) is 3.83. The fraction of sp³-hybridized carbons (Fsp3) is 0.417. The Morgan fingerprint density at radius 2 is 2.38 bits per heavy atom. The number of aliphatic imine (C=N–C) groups is 1. The first kappa shape index (κ1) is 11.5. The molecule has 0 spiro atoms. The van der Waals surface area contributed by atoms with Crippen LogP contribution in [0.25, 0.3) is 0 Å². The molecular formula is C12H15FN2S. The summed E-state index contributed by atoms with van der Waals surface area (Å²) in [6, 6.07) is 4.96. The van der Waals surface area contributed by atoms with E-state index in [1.54, 1.807) is 17.8 Å². The van der Waals surface area contributed by atoms with Crippen molar-refractivity contribution in [2.45, 2.75) is 13.3 Å². The number of hydrogen-bond acceptors (Lipinski definition) is 3. The number of nitrogens with zero attached hydrogens (tertiary/aromatic N) is 1. The van der Waals surface area contributed by atoms with E-state index in [1.807, 2.05) is 13.0 Å². The van der Waals surface area contributed by atoms with Crippen LogP contribution >= 0.6 is 11.8 Å². The zero-order chi connectivity index (χ0) is 11.4. The van der Waals surface area contributed by atoms with E-state index in [0.29, 0.717) is 0 Å². The molecule has 0 bridgehead atoms. The van der Waals surface area contributed by atoms with E-state index in [-0.39, 0.29) is 5.82 Å². The lowest BCUT2D eigenvalue weighted by Crippen LogP contribution is -2.21. The number of benzene rings is 1. The van der Waals surface area contributed by atoms with Gasteiger partial charge >= 0.3 is 0 Å². The molecule has 1 aliphatic rings. The van der Waals surface area contributed by atoms with Gasteiger partial charge in [0.05, 0.1) is 6.54 Å². The Balaban J connectivity index is 1.84. The molecule has 4 heteroatoms. The number of nitrogens with one attached hydrogen (secondary N) is 1. The van der Waals surface area contributed by atoms with Gasteiger partial charge in [0.1, 0.15) is 5.82 Å². The van der Waals surface area contributed by atoms with Crippen LogP contribution in [-0.4, -0.2) is 24.0 Å². The quantitative estimate of drug-likeness (QED) is 0.874. The van der Waals surface area contributed by atoms with E-state index in [4.69, 9.17) is 0 Å². The molecule has 2 nitrogen and oxygen atoms in total. The first-order valence-corrected chi connectivity index (χ1v) is 6.40. The maximum absolute atomic E-state index is 12.9. The van der Waals surface area contributed by atoms with Crippen LogP contribution in [0.4, 0.5) is 4.39 Å². The predicted octanol–water partition coefficient (Wildman–Crippen LogP) is 2.37. The van der Waals surface area contributed by atoms with Crippen LogP contribution in [0.15, 0.2) is 23.2 Å². The summed E-state index contributed by atoms with van der Waals surface area (Å²) in [6.07, 6.45) is 0.908. The van der Waals surface area contributed by atoms with Crippen molar-refractivity contribution in [1.82, 2.24) is 5.32 Å². The standard InChI is InChI=1S/C12H15FN2S/c1-9-8-11(13)3-2-10(9)4-5-14-12-15-6-7-16-12/h2-3,8H,4-7H2,1H3,(H,14,15). The molecule has 0 saturated heterocycles. The van der Waals surface area contributed by atoms with Crippen LogP contribution in [0.1, 0.15) is 11.1 Å². The van der Waals surface area contributed by atoms with Crippen molar-refractivity contribution in [3.63, 3.8) is 0 Å². The van der Waals surface area contributed by atoms with Gasteiger partial charge in [-0.2, -0.15) is 0 Å². The third-order valence-corrected chi connectivity index (χ3v) is 3.49. The molecule has 16 heavy (non-hydrogen) atoms. The number of halogens is 1. The summed E-state index contributed by atoms with van der Waals surface area (Å²) < 4.78 is 12.9. The third kappa shape index (κ3) is 2.98. The molecule has 0 atom stereocenters. The predicted molar refractivity (Wildman–Crippen MR) is 67.6 cm³/mol. The van der Waals surface area contributed by atoms with E-state index in [1.165, 1.54) is 11.6 Å². The summed E-state index contributed by atoms with van der Waals surface area (Å²) in [5.41, 5.74) is 2.21. The second kappa shape index (κ2) is 5.34. The van der Waals surface area contributed by atoms with Crippen LogP contribution in [0.5, 0.6) is 0 Å². The molecule has 1 heterocycles. The SMILES string of the molecule is Cc1cc(F)ccc1CCNC1=NCCS1. The highest BCUT2D eigenvalue weighted by Crippen LogP contribution is 2.11. The average molecular weight is 238 g/mol. The Morgan fingerprint density at radius 1 is 1.50 bits per heavy atom. The smallest absolute Gasteiger partial charge is 0.156 e. The fourth-order valence-corrected chi connectivity index (χ4v) is 2.45. The van der Waals surface area contributed by atoms with Crippen LogP contribution in [0, 0.1) is 12.7 Å². The van der Waals surface area contributed by atoms with Gasteiger partial charge in [-0.05, 0) is 36.6 Å². The zero-order valence-corrected chi connectivity index (χ0v) is 10.1. The van der Waals surface area contributed by atoms with E-state index in [9.17, 15) is 4.39 Å². The summed E-state index contributed by atoms with van der Waals surface area (Å²) in [5.74, 6) is 0.919. The van der Waals surface area contributed by atoms with E-state index < -0.39 is 0 Å². The molecule has 0 amide bonds. The maximum Gasteiger partial charge on any atom is 0.156 e. The summed E-state index contributed by atoms with van der Waals surface area (Å²) in [4.78, 5) is 4.31. The van der Waals surface area contributed by atoms with Crippen LogP contribution < -0.4 is 5.32 Å². The van der Waals surface area contributed by atoms with Crippen molar-refractivity contribution < 1.29 is 4.39 Å². The number of rotatable bonds is 3. The van der Waals surface area contributed by atoms with Crippen LogP contribution in [0.3, 0.4) is 0 Å². The Hall–Kier alpha value is -1.03. The van der Waals surface area contributed by atoms with Gasteiger partial charge in [-0.1, -0.05) is 17.8 Å². The third-order valence-electron chi connectivity index (χ3n) is 2.56. The molecule has 0 unspecified atom stereocenters. The van der Waals surface area contributed by atoms with Crippen molar-refractivity contribution in [2.75, 3.05) is 18.8 Å². The van der Waals surface area contributed by atoms with Gasteiger partial charge < -0.3 is 5.32 Å². The molecular weight excluding hydrogens is 223 g/mol. The van der Waals surface area contributed by atoms with E-state index in [2.05, 4.69) is 10.3 Å². The second-order valence-electron chi connectivity index (χ2n) is 3.78. The Labute approximate surface area is 99.3 Å². The number of amidine groups is 1. The molecule has 1 N–H and O–H groups in total. The van der Waals surface area contributed by atoms with E-state index in [0.717, 1.165) is 36.0 Å². The average Bonchev–Trinajstić information content (AvgIpc) is 2.74. The second-order valence-corrected chi connectivity index (χ2v) is 4.87.